The van der Waals surface area contributed by atoms with Crippen LogP contribution in [0.15, 0.2) is 47.8 Å². The van der Waals surface area contributed by atoms with Gasteiger partial charge in [-0.15, -0.1) is 11.3 Å². The first-order chi connectivity index (χ1) is 9.08. The van der Waals surface area contributed by atoms with Gasteiger partial charge in [0.15, 0.2) is 0 Å². The highest BCUT2D eigenvalue weighted by Gasteiger charge is 2.31. The van der Waals surface area contributed by atoms with E-state index in [-0.39, 0.29) is 18.2 Å². The van der Waals surface area contributed by atoms with E-state index in [2.05, 4.69) is 5.32 Å². The van der Waals surface area contributed by atoms with E-state index in [9.17, 15) is 8.78 Å². The molecule has 1 heterocycles. The normalized spacial score (nSPS) is 13.4. The Morgan fingerprint density at radius 1 is 1.16 bits per heavy atom. The van der Waals surface area contributed by atoms with Gasteiger partial charge in [-0.05, 0) is 24.8 Å². The van der Waals surface area contributed by atoms with Crippen molar-refractivity contribution in [1.29, 1.82) is 0 Å². The summed E-state index contributed by atoms with van der Waals surface area (Å²) in [6.07, 6.45) is 0.780. The van der Waals surface area contributed by atoms with Crippen molar-refractivity contribution in [2.75, 3.05) is 6.54 Å². The summed E-state index contributed by atoms with van der Waals surface area (Å²) >= 11 is 1.65. The molecule has 0 saturated heterocycles. The van der Waals surface area contributed by atoms with Gasteiger partial charge >= 0.3 is 0 Å². The van der Waals surface area contributed by atoms with E-state index in [1.54, 1.807) is 29.5 Å². The second-order valence-electron chi connectivity index (χ2n) is 4.64. The summed E-state index contributed by atoms with van der Waals surface area (Å²) in [5, 5.41) is 4.92. The maximum absolute atomic E-state index is 13.9. The largest absolute Gasteiger partial charge is 0.308 e. The SMILES string of the molecule is CC(Cc1cccs1)NCC(F)(F)c1ccccc1. The number of halogens is 2. The van der Waals surface area contributed by atoms with Gasteiger partial charge in [-0.25, -0.2) is 0 Å². The molecule has 1 N–H and O–H groups in total. The van der Waals surface area contributed by atoms with Crippen molar-refractivity contribution >= 4 is 11.3 Å². The summed E-state index contributed by atoms with van der Waals surface area (Å²) in [4.78, 5) is 1.21. The van der Waals surface area contributed by atoms with Crippen LogP contribution in [0.25, 0.3) is 0 Å². The second-order valence-corrected chi connectivity index (χ2v) is 5.67. The minimum atomic E-state index is -2.83. The number of hydrogen-bond donors (Lipinski definition) is 1. The van der Waals surface area contributed by atoms with Crippen molar-refractivity contribution in [2.24, 2.45) is 0 Å². The van der Waals surface area contributed by atoms with Gasteiger partial charge in [0.1, 0.15) is 0 Å². The number of alkyl halides is 2. The van der Waals surface area contributed by atoms with Crippen molar-refractivity contribution < 1.29 is 8.78 Å². The van der Waals surface area contributed by atoms with E-state index >= 15 is 0 Å². The molecule has 102 valence electrons. The summed E-state index contributed by atoms with van der Waals surface area (Å²) in [5.41, 5.74) is 0.0609. The standard InChI is InChI=1S/C15H17F2NS/c1-12(10-14-8-5-9-19-14)18-11-15(16,17)13-6-3-2-4-7-13/h2-9,12,18H,10-11H2,1H3. The molecule has 0 bridgehead atoms. The van der Waals surface area contributed by atoms with Crippen LogP contribution in [-0.2, 0) is 12.3 Å². The average Bonchev–Trinajstić information content (AvgIpc) is 2.90. The van der Waals surface area contributed by atoms with Crippen LogP contribution in [0.3, 0.4) is 0 Å². The van der Waals surface area contributed by atoms with E-state index in [0.29, 0.717) is 0 Å². The Morgan fingerprint density at radius 2 is 1.89 bits per heavy atom. The van der Waals surface area contributed by atoms with E-state index in [1.165, 1.54) is 17.0 Å². The zero-order valence-electron chi connectivity index (χ0n) is 10.8. The van der Waals surface area contributed by atoms with Gasteiger partial charge in [0.05, 0.1) is 6.54 Å². The number of nitrogens with one attached hydrogen (secondary N) is 1. The number of hydrogen-bond acceptors (Lipinski definition) is 2. The summed E-state index contributed by atoms with van der Waals surface area (Å²) in [6, 6.07) is 12.0. The van der Waals surface area contributed by atoms with Crippen LogP contribution in [0.1, 0.15) is 17.4 Å². The predicted molar refractivity (Wildman–Crippen MR) is 75.8 cm³/mol. The quantitative estimate of drug-likeness (QED) is 0.842. The highest BCUT2D eigenvalue weighted by atomic mass is 32.1. The molecule has 1 unspecified atom stereocenters. The maximum Gasteiger partial charge on any atom is 0.285 e. The first-order valence-corrected chi connectivity index (χ1v) is 7.15. The fraction of sp³-hybridized carbons (Fsp3) is 0.333. The number of rotatable bonds is 6. The summed E-state index contributed by atoms with van der Waals surface area (Å²) < 4.78 is 27.9. The third kappa shape index (κ3) is 4.11. The zero-order chi connectivity index (χ0) is 13.7. The Balaban J connectivity index is 1.87. The van der Waals surface area contributed by atoms with Crippen LogP contribution in [-0.4, -0.2) is 12.6 Å². The van der Waals surface area contributed by atoms with Crippen LogP contribution >= 0.6 is 11.3 Å². The molecule has 1 aromatic heterocycles. The fourth-order valence-electron chi connectivity index (χ4n) is 1.89. The third-order valence-corrected chi connectivity index (χ3v) is 3.85. The zero-order valence-corrected chi connectivity index (χ0v) is 11.6. The van der Waals surface area contributed by atoms with E-state index in [0.717, 1.165) is 6.42 Å². The lowest BCUT2D eigenvalue weighted by molar-refractivity contribution is -0.00525. The van der Waals surface area contributed by atoms with Crippen LogP contribution in [0.5, 0.6) is 0 Å². The fourth-order valence-corrected chi connectivity index (χ4v) is 2.72. The summed E-state index contributed by atoms with van der Waals surface area (Å²) in [6.45, 7) is 1.60. The molecule has 2 aromatic rings. The van der Waals surface area contributed by atoms with Gasteiger partial charge in [-0.3, -0.25) is 0 Å². The smallest absolute Gasteiger partial charge is 0.285 e. The molecule has 0 saturated carbocycles. The Morgan fingerprint density at radius 3 is 2.53 bits per heavy atom. The molecule has 2 rings (SSSR count). The second kappa shape index (κ2) is 6.26. The van der Waals surface area contributed by atoms with E-state index in [1.807, 2.05) is 24.4 Å². The van der Waals surface area contributed by atoms with E-state index in [4.69, 9.17) is 0 Å². The van der Waals surface area contributed by atoms with Crippen molar-refractivity contribution in [3.63, 3.8) is 0 Å². The van der Waals surface area contributed by atoms with Crippen molar-refractivity contribution in [1.82, 2.24) is 5.32 Å². The molecule has 0 aliphatic heterocycles. The topological polar surface area (TPSA) is 12.0 Å². The van der Waals surface area contributed by atoms with Crippen LogP contribution in [0.4, 0.5) is 8.78 Å². The Labute approximate surface area is 116 Å². The lowest BCUT2D eigenvalue weighted by Crippen LogP contribution is -2.37. The van der Waals surface area contributed by atoms with Gasteiger partial charge < -0.3 is 5.32 Å². The highest BCUT2D eigenvalue weighted by Crippen LogP contribution is 2.26. The molecule has 1 aromatic carbocycles. The molecule has 0 aliphatic carbocycles. The van der Waals surface area contributed by atoms with Crippen molar-refractivity contribution in [3.8, 4) is 0 Å². The van der Waals surface area contributed by atoms with Gasteiger partial charge in [-0.1, -0.05) is 36.4 Å². The van der Waals surface area contributed by atoms with Gasteiger partial charge in [0, 0.05) is 16.5 Å². The molecule has 0 fully saturated rings. The molecule has 4 heteroatoms. The lowest BCUT2D eigenvalue weighted by atomic mass is 10.1. The summed E-state index contributed by atoms with van der Waals surface area (Å²) in [5.74, 6) is -2.83. The first-order valence-electron chi connectivity index (χ1n) is 6.27. The van der Waals surface area contributed by atoms with Crippen molar-refractivity contribution in [3.05, 3.63) is 58.3 Å². The average molecular weight is 281 g/mol. The van der Waals surface area contributed by atoms with Crippen LogP contribution < -0.4 is 5.32 Å². The van der Waals surface area contributed by atoms with Gasteiger partial charge in [0.25, 0.3) is 5.92 Å². The Bertz CT molecular complexity index is 482. The minimum absolute atomic E-state index is 0.0354. The van der Waals surface area contributed by atoms with Gasteiger partial charge in [0.2, 0.25) is 0 Å². The molecule has 1 atom stereocenters. The van der Waals surface area contributed by atoms with Crippen LogP contribution in [0.2, 0.25) is 0 Å². The lowest BCUT2D eigenvalue weighted by Gasteiger charge is -2.20. The molecular formula is C15H17F2NS. The third-order valence-electron chi connectivity index (χ3n) is 2.96. The highest BCUT2D eigenvalue weighted by molar-refractivity contribution is 7.09. The Kier molecular flexibility index (Phi) is 4.66. The Hall–Kier alpha value is -1.26. The molecule has 19 heavy (non-hydrogen) atoms. The molecule has 1 nitrogen and oxygen atoms in total. The number of thiophene rings is 1. The predicted octanol–water partition coefficient (Wildman–Crippen LogP) is 4.06. The number of benzene rings is 1. The molecule has 0 spiro atoms. The van der Waals surface area contributed by atoms with Crippen molar-refractivity contribution in [2.45, 2.75) is 25.3 Å². The van der Waals surface area contributed by atoms with Gasteiger partial charge in [-0.2, -0.15) is 8.78 Å². The maximum atomic E-state index is 13.9. The monoisotopic (exact) mass is 281 g/mol. The minimum Gasteiger partial charge on any atom is -0.308 e. The molecule has 0 aliphatic rings. The summed E-state index contributed by atoms with van der Waals surface area (Å²) in [7, 11) is 0. The molecule has 0 amide bonds. The molecular weight excluding hydrogens is 264 g/mol. The van der Waals surface area contributed by atoms with Crippen LogP contribution in [0, 0.1) is 0 Å². The molecule has 0 radical (unpaired) electrons. The van der Waals surface area contributed by atoms with E-state index < -0.39 is 5.92 Å². The first kappa shape index (κ1) is 14.2.